The van der Waals surface area contributed by atoms with Crippen molar-refractivity contribution in [2.24, 2.45) is 0 Å². The van der Waals surface area contributed by atoms with Gasteiger partial charge in [-0.05, 0) is 55.7 Å². The first kappa shape index (κ1) is 17.1. The summed E-state index contributed by atoms with van der Waals surface area (Å²) >= 11 is 0. The second-order valence-electron chi connectivity index (χ2n) is 6.41. The number of fused-ring (bicyclic) bond motifs is 1. The molecule has 25 heavy (non-hydrogen) atoms. The summed E-state index contributed by atoms with van der Waals surface area (Å²) in [5.41, 5.74) is 3.96. The molecule has 0 spiro atoms. The van der Waals surface area contributed by atoms with Crippen LogP contribution in [-0.4, -0.2) is 18.4 Å². The third-order valence-electron chi connectivity index (χ3n) is 4.59. The SMILES string of the molecule is CCN(C(=O)C1CC(=O)Nc2cc(F)ccc21)c1cc(C)ccc1C. The number of carbonyl (C=O) groups is 2. The van der Waals surface area contributed by atoms with E-state index in [1.165, 1.54) is 12.1 Å². The van der Waals surface area contributed by atoms with Gasteiger partial charge in [0, 0.05) is 24.3 Å². The van der Waals surface area contributed by atoms with Crippen molar-refractivity contribution in [3.05, 3.63) is 58.9 Å². The average Bonchev–Trinajstić information content (AvgIpc) is 2.57. The number of halogens is 1. The molecule has 0 radical (unpaired) electrons. The van der Waals surface area contributed by atoms with Crippen molar-refractivity contribution in [1.82, 2.24) is 0 Å². The molecule has 0 saturated carbocycles. The maximum atomic E-state index is 13.5. The molecule has 0 aliphatic carbocycles. The number of amides is 2. The lowest BCUT2D eigenvalue weighted by Crippen LogP contribution is -2.39. The molecule has 3 rings (SSSR count). The summed E-state index contributed by atoms with van der Waals surface area (Å²) in [7, 11) is 0. The number of anilines is 2. The van der Waals surface area contributed by atoms with Gasteiger partial charge in [0.1, 0.15) is 5.82 Å². The van der Waals surface area contributed by atoms with E-state index in [9.17, 15) is 14.0 Å². The molecule has 5 heteroatoms. The Hall–Kier alpha value is -2.69. The highest BCUT2D eigenvalue weighted by molar-refractivity contribution is 6.06. The maximum Gasteiger partial charge on any atom is 0.235 e. The van der Waals surface area contributed by atoms with Gasteiger partial charge >= 0.3 is 0 Å². The van der Waals surface area contributed by atoms with E-state index >= 15 is 0 Å². The molecule has 0 bridgehead atoms. The highest BCUT2D eigenvalue weighted by Crippen LogP contribution is 2.35. The molecule has 2 amide bonds. The maximum absolute atomic E-state index is 13.5. The van der Waals surface area contributed by atoms with Gasteiger partial charge in [-0.3, -0.25) is 9.59 Å². The van der Waals surface area contributed by atoms with Crippen molar-refractivity contribution in [1.29, 1.82) is 0 Å². The quantitative estimate of drug-likeness (QED) is 0.920. The lowest BCUT2D eigenvalue weighted by atomic mass is 9.89. The van der Waals surface area contributed by atoms with Gasteiger partial charge in [-0.25, -0.2) is 4.39 Å². The number of carbonyl (C=O) groups excluding carboxylic acids is 2. The van der Waals surface area contributed by atoms with Crippen LogP contribution in [0.5, 0.6) is 0 Å². The van der Waals surface area contributed by atoms with Crippen LogP contribution >= 0.6 is 0 Å². The predicted octanol–water partition coefficient (Wildman–Crippen LogP) is 3.92. The number of rotatable bonds is 3. The van der Waals surface area contributed by atoms with Crippen LogP contribution in [0.2, 0.25) is 0 Å². The van der Waals surface area contributed by atoms with Gasteiger partial charge in [0.25, 0.3) is 0 Å². The van der Waals surface area contributed by atoms with Gasteiger partial charge in [-0.1, -0.05) is 18.2 Å². The van der Waals surface area contributed by atoms with Gasteiger partial charge < -0.3 is 10.2 Å². The minimum atomic E-state index is -0.607. The second kappa shape index (κ2) is 6.67. The fraction of sp³-hybridized carbons (Fsp3) is 0.300. The van der Waals surface area contributed by atoms with Gasteiger partial charge in [0.2, 0.25) is 11.8 Å². The summed E-state index contributed by atoms with van der Waals surface area (Å²) in [6.45, 7) is 6.35. The monoisotopic (exact) mass is 340 g/mol. The normalized spacial score (nSPS) is 16.2. The molecule has 1 unspecified atom stereocenters. The number of nitrogens with one attached hydrogen (secondary N) is 1. The molecule has 1 aliphatic heterocycles. The van der Waals surface area contributed by atoms with Gasteiger partial charge in [-0.15, -0.1) is 0 Å². The molecule has 2 aromatic carbocycles. The largest absolute Gasteiger partial charge is 0.326 e. The van der Waals surface area contributed by atoms with Crippen molar-refractivity contribution >= 4 is 23.2 Å². The van der Waals surface area contributed by atoms with Crippen LogP contribution in [0.3, 0.4) is 0 Å². The molecule has 130 valence electrons. The third-order valence-corrected chi connectivity index (χ3v) is 4.59. The lowest BCUT2D eigenvalue weighted by Gasteiger charge is -2.31. The molecule has 0 aromatic heterocycles. The van der Waals surface area contributed by atoms with Gasteiger partial charge in [-0.2, -0.15) is 0 Å². The number of hydrogen-bond donors (Lipinski definition) is 1. The van der Waals surface area contributed by atoms with Crippen LogP contribution in [0.1, 0.15) is 36.0 Å². The molecule has 1 N–H and O–H groups in total. The Morgan fingerprint density at radius 2 is 2.00 bits per heavy atom. The molecular formula is C20H21FN2O2. The molecule has 1 aliphatic rings. The Kier molecular flexibility index (Phi) is 4.57. The molecule has 1 heterocycles. The molecule has 0 fully saturated rings. The molecule has 0 saturated heterocycles. The topological polar surface area (TPSA) is 49.4 Å². The zero-order valence-electron chi connectivity index (χ0n) is 14.6. The van der Waals surface area contributed by atoms with Crippen LogP contribution < -0.4 is 10.2 Å². The number of aryl methyl sites for hydroxylation is 2. The van der Waals surface area contributed by atoms with E-state index in [0.717, 1.165) is 16.8 Å². The number of likely N-dealkylation sites (N-methyl/N-ethyl adjacent to an activating group) is 1. The van der Waals surface area contributed by atoms with Crippen LogP contribution in [0.15, 0.2) is 36.4 Å². The van der Waals surface area contributed by atoms with E-state index in [-0.39, 0.29) is 18.2 Å². The van der Waals surface area contributed by atoms with Gasteiger partial charge in [0.05, 0.1) is 5.92 Å². The van der Waals surface area contributed by atoms with E-state index in [2.05, 4.69) is 5.32 Å². The second-order valence-corrected chi connectivity index (χ2v) is 6.41. The molecular weight excluding hydrogens is 319 g/mol. The van der Waals surface area contributed by atoms with Crippen molar-refractivity contribution in [3.63, 3.8) is 0 Å². The first-order valence-corrected chi connectivity index (χ1v) is 8.38. The van der Waals surface area contributed by atoms with E-state index in [0.29, 0.717) is 17.8 Å². The van der Waals surface area contributed by atoms with Crippen molar-refractivity contribution in [2.75, 3.05) is 16.8 Å². The zero-order valence-corrected chi connectivity index (χ0v) is 14.6. The number of nitrogens with zero attached hydrogens (tertiary/aromatic N) is 1. The fourth-order valence-corrected chi connectivity index (χ4v) is 3.30. The standard InChI is InChI=1S/C20H21FN2O2/c1-4-23(18-9-12(2)5-6-13(18)3)20(25)16-11-19(24)22-17-10-14(21)7-8-15(16)17/h5-10,16H,4,11H2,1-3H3,(H,22,24). The summed E-state index contributed by atoms with van der Waals surface area (Å²) in [5, 5.41) is 2.65. The van der Waals surface area contributed by atoms with Crippen LogP contribution in [0.25, 0.3) is 0 Å². The first-order valence-electron chi connectivity index (χ1n) is 8.38. The van der Waals surface area contributed by atoms with Crippen molar-refractivity contribution < 1.29 is 14.0 Å². The Morgan fingerprint density at radius 1 is 1.24 bits per heavy atom. The van der Waals surface area contributed by atoms with E-state index in [4.69, 9.17) is 0 Å². The van der Waals surface area contributed by atoms with Gasteiger partial charge in [0.15, 0.2) is 0 Å². The van der Waals surface area contributed by atoms with E-state index in [1.807, 2.05) is 39.0 Å². The Bertz CT molecular complexity index is 848. The summed E-state index contributed by atoms with van der Waals surface area (Å²) in [5.74, 6) is -1.45. The average molecular weight is 340 g/mol. The number of benzene rings is 2. The number of hydrogen-bond acceptors (Lipinski definition) is 2. The predicted molar refractivity (Wildman–Crippen MR) is 96.3 cm³/mol. The van der Waals surface area contributed by atoms with Crippen molar-refractivity contribution in [3.8, 4) is 0 Å². The minimum absolute atomic E-state index is 0.0683. The van der Waals surface area contributed by atoms with E-state index < -0.39 is 11.7 Å². The third kappa shape index (κ3) is 3.27. The lowest BCUT2D eigenvalue weighted by molar-refractivity contribution is -0.124. The molecule has 1 atom stereocenters. The summed E-state index contributed by atoms with van der Waals surface area (Å²) in [6, 6.07) is 10.1. The summed E-state index contributed by atoms with van der Waals surface area (Å²) in [4.78, 5) is 27.0. The summed E-state index contributed by atoms with van der Waals surface area (Å²) < 4.78 is 13.5. The zero-order chi connectivity index (χ0) is 18.1. The highest BCUT2D eigenvalue weighted by Gasteiger charge is 2.34. The Balaban J connectivity index is 2.02. The van der Waals surface area contributed by atoms with Crippen molar-refractivity contribution in [2.45, 2.75) is 33.1 Å². The van der Waals surface area contributed by atoms with Crippen LogP contribution in [-0.2, 0) is 9.59 Å². The highest BCUT2D eigenvalue weighted by atomic mass is 19.1. The fourth-order valence-electron chi connectivity index (χ4n) is 3.30. The van der Waals surface area contributed by atoms with E-state index in [1.54, 1.807) is 11.0 Å². The molecule has 2 aromatic rings. The Labute approximate surface area is 146 Å². The Morgan fingerprint density at radius 3 is 2.72 bits per heavy atom. The molecule has 4 nitrogen and oxygen atoms in total. The van der Waals surface area contributed by atoms with Crippen LogP contribution in [0.4, 0.5) is 15.8 Å². The minimum Gasteiger partial charge on any atom is -0.326 e. The summed E-state index contributed by atoms with van der Waals surface area (Å²) in [6.07, 6.45) is 0.0683. The van der Waals surface area contributed by atoms with Crippen LogP contribution in [0, 0.1) is 19.7 Å². The smallest absolute Gasteiger partial charge is 0.235 e. The first-order chi connectivity index (χ1) is 11.9.